The summed E-state index contributed by atoms with van der Waals surface area (Å²) in [6, 6.07) is 14.3. The zero-order valence-electron chi connectivity index (χ0n) is 15.9. The van der Waals surface area contributed by atoms with E-state index < -0.39 is 0 Å². The molecule has 5 nitrogen and oxygen atoms in total. The van der Waals surface area contributed by atoms with E-state index in [1.54, 1.807) is 7.05 Å². The van der Waals surface area contributed by atoms with E-state index in [-0.39, 0.29) is 17.4 Å². The topological polar surface area (TPSA) is 54.5 Å². The Hall–Kier alpha value is -2.40. The van der Waals surface area contributed by atoms with E-state index in [1.165, 1.54) is 5.56 Å². The number of piperidine rings is 1. The highest BCUT2D eigenvalue weighted by atomic mass is 16.5. The summed E-state index contributed by atoms with van der Waals surface area (Å²) in [7, 11) is 1.71. The smallest absolute Gasteiger partial charge is 0.220 e. The summed E-state index contributed by atoms with van der Waals surface area (Å²) in [6.45, 7) is 2.87. The third kappa shape index (κ3) is 3.98. The van der Waals surface area contributed by atoms with Gasteiger partial charge in [0, 0.05) is 45.2 Å². The third-order valence-corrected chi connectivity index (χ3v) is 5.89. The number of carbonyl (C=O) groups excluding carboxylic acids is 1. The zero-order chi connectivity index (χ0) is 18.7. The first-order valence-corrected chi connectivity index (χ1v) is 9.78. The number of para-hydroxylation sites is 1. The van der Waals surface area contributed by atoms with Crippen LogP contribution >= 0.6 is 0 Å². The lowest BCUT2D eigenvalue weighted by molar-refractivity contribution is -0.121. The molecule has 1 atom stereocenters. The van der Waals surface area contributed by atoms with Crippen molar-refractivity contribution < 1.29 is 9.53 Å². The summed E-state index contributed by atoms with van der Waals surface area (Å²) < 4.78 is 6.53. The van der Waals surface area contributed by atoms with Gasteiger partial charge >= 0.3 is 0 Å². The molecule has 142 valence electrons. The number of hydrogen-bond donors (Lipinski definition) is 1. The molecule has 1 N–H and O–H groups in total. The highest BCUT2D eigenvalue weighted by Gasteiger charge is 2.43. The molecule has 1 amide bonds. The van der Waals surface area contributed by atoms with Crippen molar-refractivity contribution >= 4 is 5.91 Å². The number of pyridine rings is 1. The van der Waals surface area contributed by atoms with Gasteiger partial charge < -0.3 is 10.1 Å². The van der Waals surface area contributed by atoms with Gasteiger partial charge in [0.2, 0.25) is 5.91 Å². The number of amides is 1. The molecule has 3 heterocycles. The van der Waals surface area contributed by atoms with E-state index in [2.05, 4.69) is 27.3 Å². The molecule has 1 aromatic carbocycles. The van der Waals surface area contributed by atoms with Crippen molar-refractivity contribution in [2.24, 2.45) is 0 Å². The fourth-order valence-electron chi connectivity index (χ4n) is 4.40. The third-order valence-electron chi connectivity index (χ3n) is 5.89. The molecule has 1 saturated heterocycles. The van der Waals surface area contributed by atoms with Crippen LogP contribution in [0.4, 0.5) is 0 Å². The van der Waals surface area contributed by atoms with Gasteiger partial charge in [-0.25, -0.2) is 0 Å². The largest absolute Gasteiger partial charge is 0.487 e. The van der Waals surface area contributed by atoms with Crippen molar-refractivity contribution in [3.63, 3.8) is 0 Å². The maximum Gasteiger partial charge on any atom is 0.220 e. The molecular formula is C22H27N3O2. The van der Waals surface area contributed by atoms with Crippen molar-refractivity contribution in [3.8, 4) is 5.75 Å². The van der Waals surface area contributed by atoms with Gasteiger partial charge in [0.25, 0.3) is 0 Å². The van der Waals surface area contributed by atoms with Crippen LogP contribution in [-0.4, -0.2) is 41.5 Å². The second kappa shape index (κ2) is 7.69. The second-order valence-electron chi connectivity index (χ2n) is 7.70. The van der Waals surface area contributed by atoms with Gasteiger partial charge in [0.1, 0.15) is 11.4 Å². The predicted molar refractivity (Wildman–Crippen MR) is 105 cm³/mol. The Balaban J connectivity index is 1.47. The first kappa shape index (κ1) is 18.0. The van der Waals surface area contributed by atoms with Gasteiger partial charge in [-0.05, 0) is 43.0 Å². The fourth-order valence-corrected chi connectivity index (χ4v) is 4.40. The Morgan fingerprint density at radius 2 is 2.00 bits per heavy atom. The van der Waals surface area contributed by atoms with Crippen LogP contribution in [0.5, 0.6) is 5.75 Å². The van der Waals surface area contributed by atoms with Crippen molar-refractivity contribution in [1.82, 2.24) is 15.2 Å². The maximum atomic E-state index is 12.0. The van der Waals surface area contributed by atoms with Gasteiger partial charge in [-0.15, -0.1) is 0 Å². The quantitative estimate of drug-likeness (QED) is 0.905. The molecule has 2 aliphatic heterocycles. The molecule has 0 saturated carbocycles. The monoisotopic (exact) mass is 365 g/mol. The van der Waals surface area contributed by atoms with Crippen LogP contribution in [0.3, 0.4) is 0 Å². The van der Waals surface area contributed by atoms with Crippen LogP contribution in [0.25, 0.3) is 0 Å². The van der Waals surface area contributed by atoms with Gasteiger partial charge in [0.05, 0.1) is 5.69 Å². The van der Waals surface area contributed by atoms with E-state index in [0.717, 1.165) is 50.3 Å². The number of rotatable bonds is 4. The molecule has 1 spiro atoms. The summed E-state index contributed by atoms with van der Waals surface area (Å²) >= 11 is 0. The van der Waals surface area contributed by atoms with Crippen LogP contribution in [-0.2, 0) is 11.3 Å². The van der Waals surface area contributed by atoms with Crippen molar-refractivity contribution in [2.75, 3.05) is 20.1 Å². The Kier molecular flexibility index (Phi) is 5.12. The summed E-state index contributed by atoms with van der Waals surface area (Å²) in [6.07, 6.45) is 5.26. The lowest BCUT2D eigenvalue weighted by atomic mass is 9.76. The first-order chi connectivity index (χ1) is 13.2. The standard InChI is InChI=1S/C22H27N3O2/c1-23-21(26)14-17-15-22(27-20-8-3-2-7-19(17)20)9-12-25(13-10-22)16-18-6-4-5-11-24-18/h2-8,11,17H,9-10,12-16H2,1H3,(H,23,26). The molecular weight excluding hydrogens is 338 g/mol. The van der Waals surface area contributed by atoms with E-state index >= 15 is 0 Å². The van der Waals surface area contributed by atoms with Gasteiger partial charge in [-0.1, -0.05) is 24.3 Å². The molecule has 1 fully saturated rings. The lowest BCUT2D eigenvalue weighted by Gasteiger charge is -2.47. The van der Waals surface area contributed by atoms with Crippen LogP contribution in [0.15, 0.2) is 48.7 Å². The number of nitrogens with one attached hydrogen (secondary N) is 1. The summed E-state index contributed by atoms with van der Waals surface area (Å²) in [5.74, 6) is 1.27. The molecule has 27 heavy (non-hydrogen) atoms. The average Bonchev–Trinajstić information content (AvgIpc) is 2.70. The molecule has 1 unspecified atom stereocenters. The zero-order valence-corrected chi connectivity index (χ0v) is 15.9. The Bertz CT molecular complexity index is 785. The van der Waals surface area contributed by atoms with E-state index in [1.807, 2.05) is 36.5 Å². The molecule has 1 aromatic heterocycles. The molecule has 0 radical (unpaired) electrons. The van der Waals surface area contributed by atoms with E-state index in [4.69, 9.17) is 4.74 Å². The lowest BCUT2D eigenvalue weighted by Crippen LogP contribution is -2.50. The highest BCUT2D eigenvalue weighted by Crippen LogP contribution is 2.46. The average molecular weight is 365 g/mol. The molecule has 4 rings (SSSR count). The van der Waals surface area contributed by atoms with Gasteiger partial charge in [0.15, 0.2) is 0 Å². The number of benzene rings is 1. The van der Waals surface area contributed by atoms with Crippen LogP contribution in [0.1, 0.15) is 42.9 Å². The minimum absolute atomic E-state index is 0.0967. The summed E-state index contributed by atoms with van der Waals surface area (Å²) in [5.41, 5.74) is 2.12. The van der Waals surface area contributed by atoms with Crippen molar-refractivity contribution in [1.29, 1.82) is 0 Å². The number of ether oxygens (including phenoxy) is 1. The Morgan fingerprint density at radius 3 is 2.74 bits per heavy atom. The Morgan fingerprint density at radius 1 is 1.22 bits per heavy atom. The van der Waals surface area contributed by atoms with Gasteiger partial charge in [-0.3, -0.25) is 14.7 Å². The number of likely N-dealkylation sites (tertiary alicyclic amines) is 1. The molecule has 2 aromatic rings. The van der Waals surface area contributed by atoms with Crippen molar-refractivity contribution in [3.05, 3.63) is 59.9 Å². The second-order valence-corrected chi connectivity index (χ2v) is 7.70. The summed E-state index contributed by atoms with van der Waals surface area (Å²) in [4.78, 5) is 18.9. The number of carbonyl (C=O) groups is 1. The van der Waals surface area contributed by atoms with Gasteiger partial charge in [-0.2, -0.15) is 0 Å². The molecule has 0 aliphatic carbocycles. The normalized spacial score (nSPS) is 21.3. The number of fused-ring (bicyclic) bond motifs is 1. The summed E-state index contributed by atoms with van der Waals surface area (Å²) in [5, 5.41) is 2.77. The highest BCUT2D eigenvalue weighted by molar-refractivity contribution is 5.76. The Labute approximate surface area is 160 Å². The SMILES string of the molecule is CNC(=O)CC1CC2(CCN(Cc3ccccn3)CC2)Oc2ccccc21. The fraction of sp³-hybridized carbons (Fsp3) is 0.455. The van der Waals surface area contributed by atoms with Crippen molar-refractivity contribution in [2.45, 2.75) is 43.7 Å². The van der Waals surface area contributed by atoms with E-state index in [0.29, 0.717) is 6.42 Å². The van der Waals surface area contributed by atoms with Crippen LogP contribution < -0.4 is 10.1 Å². The predicted octanol–water partition coefficient (Wildman–Crippen LogP) is 3.12. The minimum atomic E-state index is -0.159. The molecule has 0 bridgehead atoms. The van der Waals surface area contributed by atoms with Crippen LogP contribution in [0.2, 0.25) is 0 Å². The number of hydrogen-bond acceptors (Lipinski definition) is 4. The maximum absolute atomic E-state index is 12.0. The van der Waals surface area contributed by atoms with E-state index in [9.17, 15) is 4.79 Å². The van der Waals surface area contributed by atoms with Crippen LogP contribution in [0, 0.1) is 0 Å². The molecule has 5 heteroatoms. The first-order valence-electron chi connectivity index (χ1n) is 9.78. The molecule has 2 aliphatic rings. The number of nitrogens with zero attached hydrogens (tertiary/aromatic N) is 2. The number of aromatic nitrogens is 1. The minimum Gasteiger partial charge on any atom is -0.487 e.